The summed E-state index contributed by atoms with van der Waals surface area (Å²) in [6, 6.07) is 17.8. The number of carbonyl (C=O) groups is 1. The molecule has 1 amide bonds. The zero-order valence-corrected chi connectivity index (χ0v) is 13.7. The molecule has 0 N–H and O–H groups in total. The summed E-state index contributed by atoms with van der Waals surface area (Å²) in [5, 5.41) is 0. The van der Waals surface area contributed by atoms with E-state index in [2.05, 4.69) is 36.2 Å². The van der Waals surface area contributed by atoms with E-state index in [0.29, 0.717) is 24.9 Å². The van der Waals surface area contributed by atoms with E-state index in [1.54, 1.807) is 6.26 Å². The van der Waals surface area contributed by atoms with Gasteiger partial charge in [0.25, 0.3) is 0 Å². The Kier molecular flexibility index (Phi) is 5.06. The molecule has 0 bridgehead atoms. The van der Waals surface area contributed by atoms with Gasteiger partial charge in [0.15, 0.2) is 0 Å². The molecule has 0 atom stereocenters. The minimum Gasteiger partial charge on any atom is -0.469 e. The first-order chi connectivity index (χ1) is 11.7. The van der Waals surface area contributed by atoms with Crippen molar-refractivity contribution >= 4 is 5.91 Å². The van der Waals surface area contributed by atoms with Crippen molar-refractivity contribution in [3.8, 4) is 0 Å². The minimum absolute atomic E-state index is 0.143. The molecular formula is C20H20N2O2. The van der Waals surface area contributed by atoms with Crippen LogP contribution in [0, 0.1) is 6.92 Å². The first-order valence-electron chi connectivity index (χ1n) is 8.02. The molecule has 4 nitrogen and oxygen atoms in total. The topological polar surface area (TPSA) is 47.5 Å². The van der Waals surface area contributed by atoms with Crippen LogP contribution in [0.25, 0.3) is 0 Å². The Bertz CT molecular complexity index is 859. The SMILES string of the molecule is Cc1ccc(Cn2ccccc2=NC(=O)CCc2ccco2)cc1. The van der Waals surface area contributed by atoms with Crippen LogP contribution in [-0.2, 0) is 17.8 Å². The van der Waals surface area contributed by atoms with Crippen LogP contribution in [0.3, 0.4) is 0 Å². The number of benzene rings is 1. The molecular weight excluding hydrogens is 300 g/mol. The maximum absolute atomic E-state index is 12.1. The van der Waals surface area contributed by atoms with Gasteiger partial charge >= 0.3 is 0 Å². The Morgan fingerprint density at radius 2 is 1.92 bits per heavy atom. The van der Waals surface area contributed by atoms with E-state index < -0.39 is 0 Å². The van der Waals surface area contributed by atoms with E-state index in [9.17, 15) is 4.79 Å². The quantitative estimate of drug-likeness (QED) is 0.722. The summed E-state index contributed by atoms with van der Waals surface area (Å²) < 4.78 is 7.23. The van der Waals surface area contributed by atoms with Gasteiger partial charge in [-0.1, -0.05) is 35.9 Å². The number of furan rings is 1. The monoisotopic (exact) mass is 320 g/mol. The second-order valence-electron chi connectivity index (χ2n) is 5.76. The Labute approximate surface area is 141 Å². The fourth-order valence-corrected chi connectivity index (χ4v) is 2.46. The summed E-state index contributed by atoms with van der Waals surface area (Å²) in [5.41, 5.74) is 3.08. The van der Waals surface area contributed by atoms with Gasteiger partial charge in [0.1, 0.15) is 11.2 Å². The minimum atomic E-state index is -0.143. The Hall–Kier alpha value is -2.88. The van der Waals surface area contributed by atoms with Gasteiger partial charge in [0.05, 0.1) is 6.26 Å². The summed E-state index contributed by atoms with van der Waals surface area (Å²) >= 11 is 0. The second kappa shape index (κ2) is 7.59. The van der Waals surface area contributed by atoms with Crippen molar-refractivity contribution in [3.63, 3.8) is 0 Å². The lowest BCUT2D eigenvalue weighted by Gasteiger charge is -2.07. The van der Waals surface area contributed by atoms with Gasteiger partial charge in [-0.2, -0.15) is 4.99 Å². The first-order valence-corrected chi connectivity index (χ1v) is 8.02. The molecule has 0 aliphatic heterocycles. The van der Waals surface area contributed by atoms with Gasteiger partial charge in [-0.3, -0.25) is 4.79 Å². The van der Waals surface area contributed by atoms with E-state index >= 15 is 0 Å². The molecule has 0 spiro atoms. The lowest BCUT2D eigenvalue weighted by Crippen LogP contribution is -2.22. The highest BCUT2D eigenvalue weighted by molar-refractivity contribution is 5.76. The summed E-state index contributed by atoms with van der Waals surface area (Å²) in [6.07, 6.45) is 4.47. The Balaban J connectivity index is 1.75. The third-order valence-electron chi connectivity index (χ3n) is 3.79. The summed E-state index contributed by atoms with van der Waals surface area (Å²) in [7, 11) is 0. The molecule has 3 aromatic rings. The van der Waals surface area contributed by atoms with E-state index in [1.807, 2.05) is 41.1 Å². The number of aromatic nitrogens is 1. The standard InChI is InChI=1S/C20H20N2O2/c1-16-7-9-17(10-8-16)15-22-13-3-2-6-19(22)21-20(23)12-11-18-5-4-14-24-18/h2-10,13-14H,11-12,15H2,1H3. The average molecular weight is 320 g/mol. The van der Waals surface area contributed by atoms with Crippen LogP contribution in [0.5, 0.6) is 0 Å². The molecule has 0 saturated heterocycles. The van der Waals surface area contributed by atoms with Crippen LogP contribution in [0.2, 0.25) is 0 Å². The van der Waals surface area contributed by atoms with Crippen molar-refractivity contribution < 1.29 is 9.21 Å². The van der Waals surface area contributed by atoms with Crippen molar-refractivity contribution in [3.05, 3.63) is 89.4 Å². The second-order valence-corrected chi connectivity index (χ2v) is 5.76. The maximum Gasteiger partial charge on any atom is 0.248 e. The number of hydrogen-bond donors (Lipinski definition) is 0. The predicted octanol–water partition coefficient (Wildman–Crippen LogP) is 3.50. The molecule has 0 fully saturated rings. The number of amides is 1. The molecule has 0 aliphatic carbocycles. The lowest BCUT2D eigenvalue weighted by atomic mass is 10.1. The van der Waals surface area contributed by atoms with Crippen LogP contribution in [0.4, 0.5) is 0 Å². The van der Waals surface area contributed by atoms with Gasteiger partial charge in [0.2, 0.25) is 5.91 Å². The van der Waals surface area contributed by atoms with Crippen LogP contribution in [-0.4, -0.2) is 10.5 Å². The fourth-order valence-electron chi connectivity index (χ4n) is 2.46. The highest BCUT2D eigenvalue weighted by Gasteiger charge is 2.03. The number of rotatable bonds is 5. The van der Waals surface area contributed by atoms with Crippen LogP contribution < -0.4 is 5.49 Å². The van der Waals surface area contributed by atoms with Crippen molar-refractivity contribution in [2.24, 2.45) is 4.99 Å². The number of nitrogens with zero attached hydrogens (tertiary/aromatic N) is 2. The van der Waals surface area contributed by atoms with Crippen LogP contribution in [0.15, 0.2) is 76.5 Å². The molecule has 0 aliphatic rings. The van der Waals surface area contributed by atoms with Crippen molar-refractivity contribution in [2.75, 3.05) is 0 Å². The zero-order chi connectivity index (χ0) is 16.8. The van der Waals surface area contributed by atoms with E-state index in [0.717, 1.165) is 5.76 Å². The van der Waals surface area contributed by atoms with E-state index in [-0.39, 0.29) is 5.91 Å². The maximum atomic E-state index is 12.1. The van der Waals surface area contributed by atoms with E-state index in [4.69, 9.17) is 4.42 Å². The van der Waals surface area contributed by atoms with Crippen LogP contribution >= 0.6 is 0 Å². The Morgan fingerprint density at radius 3 is 2.67 bits per heavy atom. The molecule has 122 valence electrons. The van der Waals surface area contributed by atoms with Gasteiger partial charge in [-0.15, -0.1) is 0 Å². The van der Waals surface area contributed by atoms with Crippen molar-refractivity contribution in [1.82, 2.24) is 4.57 Å². The highest BCUT2D eigenvalue weighted by atomic mass is 16.3. The molecule has 4 heteroatoms. The summed E-state index contributed by atoms with van der Waals surface area (Å²) in [5.74, 6) is 0.661. The van der Waals surface area contributed by atoms with E-state index in [1.165, 1.54) is 11.1 Å². The van der Waals surface area contributed by atoms with Gasteiger partial charge in [0, 0.05) is 25.6 Å². The summed E-state index contributed by atoms with van der Waals surface area (Å²) in [4.78, 5) is 16.4. The summed E-state index contributed by atoms with van der Waals surface area (Å²) in [6.45, 7) is 2.75. The molecule has 3 rings (SSSR count). The largest absolute Gasteiger partial charge is 0.469 e. The number of carbonyl (C=O) groups excluding carboxylic acids is 1. The molecule has 2 heterocycles. The molecule has 0 unspecified atom stereocenters. The predicted molar refractivity (Wildman–Crippen MR) is 92.3 cm³/mol. The normalized spacial score (nSPS) is 11.6. The molecule has 2 aromatic heterocycles. The van der Waals surface area contributed by atoms with Crippen molar-refractivity contribution in [2.45, 2.75) is 26.3 Å². The number of aryl methyl sites for hydroxylation is 2. The van der Waals surface area contributed by atoms with Crippen LogP contribution in [0.1, 0.15) is 23.3 Å². The number of hydrogen-bond acceptors (Lipinski definition) is 2. The molecule has 0 radical (unpaired) electrons. The lowest BCUT2D eigenvalue weighted by molar-refractivity contribution is -0.118. The molecule has 0 saturated carbocycles. The first kappa shape index (κ1) is 16.0. The van der Waals surface area contributed by atoms with Crippen molar-refractivity contribution in [1.29, 1.82) is 0 Å². The smallest absolute Gasteiger partial charge is 0.248 e. The highest BCUT2D eigenvalue weighted by Crippen LogP contribution is 2.05. The van der Waals surface area contributed by atoms with Gasteiger partial charge < -0.3 is 8.98 Å². The third kappa shape index (κ3) is 4.32. The number of pyridine rings is 1. The molecule has 24 heavy (non-hydrogen) atoms. The van der Waals surface area contributed by atoms with Gasteiger partial charge in [-0.25, -0.2) is 0 Å². The fraction of sp³-hybridized carbons (Fsp3) is 0.200. The third-order valence-corrected chi connectivity index (χ3v) is 3.79. The average Bonchev–Trinajstić information content (AvgIpc) is 3.10. The molecule has 1 aromatic carbocycles. The Morgan fingerprint density at radius 1 is 1.08 bits per heavy atom. The van der Waals surface area contributed by atoms with Gasteiger partial charge in [-0.05, 0) is 36.8 Å². The zero-order valence-electron chi connectivity index (χ0n) is 13.7.